The van der Waals surface area contributed by atoms with Crippen LogP contribution >= 0.6 is 0 Å². The lowest BCUT2D eigenvalue weighted by Crippen LogP contribution is -1.97. The molecule has 0 saturated carbocycles. The van der Waals surface area contributed by atoms with Crippen LogP contribution < -0.4 is 9.47 Å². The Bertz CT molecular complexity index is 967. The summed E-state index contributed by atoms with van der Waals surface area (Å²) in [7, 11) is 0. The first kappa shape index (κ1) is 16.0. The van der Waals surface area contributed by atoms with E-state index in [1.807, 2.05) is 42.5 Å². The van der Waals surface area contributed by atoms with Gasteiger partial charge in [0.05, 0.1) is 11.8 Å². The average molecular weight is 344 g/mol. The predicted molar refractivity (Wildman–Crippen MR) is 99.1 cm³/mol. The zero-order valence-corrected chi connectivity index (χ0v) is 13.9. The van der Waals surface area contributed by atoms with Crippen molar-refractivity contribution >= 4 is 17.9 Å². The van der Waals surface area contributed by atoms with Gasteiger partial charge in [-0.1, -0.05) is 36.4 Å². The maximum absolute atomic E-state index is 12.4. The van der Waals surface area contributed by atoms with Crippen LogP contribution in [0.2, 0.25) is 0 Å². The van der Waals surface area contributed by atoms with Crippen LogP contribution in [0, 0.1) is 0 Å². The molecular formula is C22H16O4. The van der Waals surface area contributed by atoms with Gasteiger partial charge in [-0.2, -0.15) is 0 Å². The van der Waals surface area contributed by atoms with E-state index in [4.69, 9.17) is 13.9 Å². The maximum Gasteiger partial charge on any atom is 0.232 e. The number of allylic oxidation sites excluding steroid dienone is 1. The molecule has 4 rings (SSSR count). The van der Waals surface area contributed by atoms with Gasteiger partial charge in [0.1, 0.15) is 23.9 Å². The summed E-state index contributed by atoms with van der Waals surface area (Å²) in [4.78, 5) is 12.4. The van der Waals surface area contributed by atoms with Crippen molar-refractivity contribution in [1.82, 2.24) is 0 Å². The van der Waals surface area contributed by atoms with E-state index in [9.17, 15) is 4.79 Å². The smallest absolute Gasteiger partial charge is 0.232 e. The van der Waals surface area contributed by atoms with Crippen molar-refractivity contribution in [3.8, 4) is 11.5 Å². The lowest BCUT2D eigenvalue weighted by Gasteiger charge is -2.04. The summed E-state index contributed by atoms with van der Waals surface area (Å²) in [5, 5.41) is 0. The third-order valence-electron chi connectivity index (χ3n) is 3.91. The molecule has 2 heterocycles. The van der Waals surface area contributed by atoms with Crippen LogP contribution in [0.15, 0.2) is 83.2 Å². The van der Waals surface area contributed by atoms with Crippen molar-refractivity contribution < 1.29 is 18.7 Å². The predicted octanol–water partition coefficient (Wildman–Crippen LogP) is 4.99. The molecule has 0 fully saturated rings. The van der Waals surface area contributed by atoms with Crippen molar-refractivity contribution in [2.24, 2.45) is 0 Å². The fraction of sp³-hybridized carbons (Fsp3) is 0.0455. The molecule has 2 aromatic carbocycles. The fourth-order valence-corrected chi connectivity index (χ4v) is 2.65. The number of hydrogen-bond donors (Lipinski definition) is 0. The van der Waals surface area contributed by atoms with Gasteiger partial charge in [0.25, 0.3) is 0 Å². The van der Waals surface area contributed by atoms with Gasteiger partial charge in [0.15, 0.2) is 5.76 Å². The minimum Gasteiger partial charge on any atom is -0.489 e. The molecule has 0 radical (unpaired) electrons. The fourth-order valence-electron chi connectivity index (χ4n) is 2.65. The molecule has 128 valence electrons. The summed E-state index contributed by atoms with van der Waals surface area (Å²) < 4.78 is 16.6. The molecule has 0 bridgehead atoms. The average Bonchev–Trinajstić information content (AvgIpc) is 3.28. The molecule has 4 heteroatoms. The largest absolute Gasteiger partial charge is 0.489 e. The van der Waals surface area contributed by atoms with E-state index in [1.165, 1.54) is 0 Å². The van der Waals surface area contributed by atoms with Crippen LogP contribution in [-0.2, 0) is 0 Å². The second kappa shape index (κ2) is 7.15. The summed E-state index contributed by atoms with van der Waals surface area (Å²) in [5.41, 5.74) is 1.64. The number of ketones is 1. The maximum atomic E-state index is 12.4. The van der Waals surface area contributed by atoms with Crippen molar-refractivity contribution in [2.45, 2.75) is 0 Å². The molecule has 0 atom stereocenters. The molecule has 26 heavy (non-hydrogen) atoms. The van der Waals surface area contributed by atoms with Crippen LogP contribution in [0.1, 0.15) is 21.7 Å². The summed E-state index contributed by atoms with van der Waals surface area (Å²) in [6.45, 7) is 0.427. The minimum atomic E-state index is -0.160. The summed E-state index contributed by atoms with van der Waals surface area (Å²) >= 11 is 0. The van der Waals surface area contributed by atoms with E-state index in [1.54, 1.807) is 42.7 Å². The van der Waals surface area contributed by atoms with Gasteiger partial charge in [-0.15, -0.1) is 0 Å². The standard InChI is InChI=1S/C22H16O4/c23-22-19-11-10-18(25-12-4-8-16-6-2-1-3-7-16)14-20(19)26-21(22)15-17-9-5-13-24-17/h1-11,13-15H,12H2/b8-4+,21-15-. The Morgan fingerprint density at radius 3 is 2.69 bits per heavy atom. The summed E-state index contributed by atoms with van der Waals surface area (Å²) in [6.07, 6.45) is 7.08. The molecule has 1 aromatic heterocycles. The van der Waals surface area contributed by atoms with Crippen LogP contribution in [0.4, 0.5) is 0 Å². The molecule has 0 unspecified atom stereocenters. The molecule has 1 aliphatic rings. The van der Waals surface area contributed by atoms with Crippen molar-refractivity contribution in [3.63, 3.8) is 0 Å². The normalized spacial score (nSPS) is 14.6. The van der Waals surface area contributed by atoms with Gasteiger partial charge in [-0.3, -0.25) is 4.79 Å². The quantitative estimate of drug-likeness (QED) is 0.612. The number of furan rings is 1. The molecule has 0 saturated heterocycles. The highest BCUT2D eigenvalue weighted by Gasteiger charge is 2.28. The van der Waals surface area contributed by atoms with E-state index in [0.717, 1.165) is 5.56 Å². The Balaban J connectivity index is 1.43. The Labute approximate surface area is 151 Å². The molecular weight excluding hydrogens is 328 g/mol. The van der Waals surface area contributed by atoms with Crippen LogP contribution in [-0.4, -0.2) is 12.4 Å². The second-order valence-corrected chi connectivity index (χ2v) is 5.74. The second-order valence-electron chi connectivity index (χ2n) is 5.74. The first-order chi connectivity index (χ1) is 12.8. The Hall–Kier alpha value is -3.53. The topological polar surface area (TPSA) is 48.7 Å². The van der Waals surface area contributed by atoms with Gasteiger partial charge in [0.2, 0.25) is 5.78 Å². The van der Waals surface area contributed by atoms with Gasteiger partial charge in [-0.05, 0) is 35.9 Å². The highest BCUT2D eigenvalue weighted by atomic mass is 16.5. The lowest BCUT2D eigenvalue weighted by molar-refractivity contribution is 0.101. The first-order valence-electron chi connectivity index (χ1n) is 8.26. The number of benzene rings is 2. The van der Waals surface area contributed by atoms with Gasteiger partial charge in [-0.25, -0.2) is 0 Å². The van der Waals surface area contributed by atoms with E-state index >= 15 is 0 Å². The van der Waals surface area contributed by atoms with Gasteiger partial charge < -0.3 is 13.9 Å². The molecule has 0 N–H and O–H groups in total. The first-order valence-corrected chi connectivity index (χ1v) is 8.26. The molecule has 0 amide bonds. The number of hydrogen-bond acceptors (Lipinski definition) is 4. The monoisotopic (exact) mass is 344 g/mol. The number of Topliss-reactive ketones (excluding diaryl/α,β-unsaturated/α-hetero) is 1. The van der Waals surface area contributed by atoms with Crippen molar-refractivity contribution in [1.29, 1.82) is 0 Å². The molecule has 3 aromatic rings. The number of carbonyl (C=O) groups is 1. The van der Waals surface area contributed by atoms with Crippen molar-refractivity contribution in [3.05, 3.63) is 95.6 Å². The van der Waals surface area contributed by atoms with E-state index in [-0.39, 0.29) is 11.5 Å². The van der Waals surface area contributed by atoms with Crippen LogP contribution in [0.25, 0.3) is 12.2 Å². The molecule has 0 aliphatic carbocycles. The zero-order chi connectivity index (χ0) is 17.8. The Morgan fingerprint density at radius 2 is 1.88 bits per heavy atom. The van der Waals surface area contributed by atoms with Crippen LogP contribution in [0.5, 0.6) is 11.5 Å². The minimum absolute atomic E-state index is 0.160. The summed E-state index contributed by atoms with van der Waals surface area (Å²) in [5.74, 6) is 1.80. The third kappa shape index (κ3) is 3.44. The molecule has 4 nitrogen and oxygen atoms in total. The highest BCUT2D eigenvalue weighted by molar-refractivity contribution is 6.14. The Kier molecular flexibility index (Phi) is 4.39. The SMILES string of the molecule is O=C1/C(=C/c2ccco2)Oc2cc(OC/C=C/c3ccccc3)ccc21. The molecule has 0 spiro atoms. The van der Waals surface area contributed by atoms with Crippen LogP contribution in [0.3, 0.4) is 0 Å². The van der Waals surface area contributed by atoms with Gasteiger partial charge >= 0.3 is 0 Å². The molecule has 1 aliphatic heterocycles. The Morgan fingerprint density at radius 1 is 1.00 bits per heavy atom. The number of ether oxygens (including phenoxy) is 2. The highest BCUT2D eigenvalue weighted by Crippen LogP contribution is 2.34. The lowest BCUT2D eigenvalue weighted by atomic mass is 10.1. The van der Waals surface area contributed by atoms with E-state index < -0.39 is 0 Å². The number of rotatable bonds is 5. The van der Waals surface area contributed by atoms with E-state index in [0.29, 0.717) is 29.4 Å². The zero-order valence-electron chi connectivity index (χ0n) is 13.9. The number of carbonyl (C=O) groups excluding carboxylic acids is 1. The van der Waals surface area contributed by atoms with E-state index in [2.05, 4.69) is 0 Å². The number of fused-ring (bicyclic) bond motifs is 1. The van der Waals surface area contributed by atoms with Crippen molar-refractivity contribution in [2.75, 3.05) is 6.61 Å². The van der Waals surface area contributed by atoms with Gasteiger partial charge in [0, 0.05) is 12.1 Å². The third-order valence-corrected chi connectivity index (χ3v) is 3.91. The summed E-state index contributed by atoms with van der Waals surface area (Å²) in [6, 6.07) is 18.8.